The lowest BCUT2D eigenvalue weighted by Crippen LogP contribution is -2.54. The summed E-state index contributed by atoms with van der Waals surface area (Å²) in [5.41, 5.74) is -0.379. The van der Waals surface area contributed by atoms with Gasteiger partial charge in [0, 0.05) is 11.4 Å². The zero-order valence-corrected chi connectivity index (χ0v) is 12.7. The van der Waals surface area contributed by atoms with E-state index in [0.717, 1.165) is 51.4 Å². The molecule has 18 heavy (non-hydrogen) atoms. The Hall–Kier alpha value is 0.200. The molecular weight excluding hydrogens is 270 g/mol. The lowest BCUT2D eigenvalue weighted by atomic mass is 9.79. The van der Waals surface area contributed by atoms with Crippen molar-refractivity contribution in [3.05, 3.63) is 0 Å². The summed E-state index contributed by atoms with van der Waals surface area (Å²) >= 11 is 6.07. The van der Waals surface area contributed by atoms with Gasteiger partial charge in [-0.05, 0) is 44.4 Å². The molecule has 2 saturated carbocycles. The Labute approximate surface area is 116 Å². The molecule has 0 aromatic carbocycles. The SMILES string of the molecule is CC1CCC(CCl)(NS(=O)(=O)C2CCCC2)CC1. The minimum Gasteiger partial charge on any atom is -0.212 e. The molecule has 0 amide bonds. The third-order valence-corrected chi connectivity index (χ3v) is 7.17. The smallest absolute Gasteiger partial charge is 0.212 e. The van der Waals surface area contributed by atoms with Crippen LogP contribution in [0.5, 0.6) is 0 Å². The van der Waals surface area contributed by atoms with Crippen molar-refractivity contribution < 1.29 is 8.42 Å². The van der Waals surface area contributed by atoms with Gasteiger partial charge in [-0.2, -0.15) is 0 Å². The lowest BCUT2D eigenvalue weighted by molar-refractivity contribution is 0.246. The van der Waals surface area contributed by atoms with Gasteiger partial charge in [-0.25, -0.2) is 13.1 Å². The predicted octanol–water partition coefficient (Wildman–Crippen LogP) is 3.04. The summed E-state index contributed by atoms with van der Waals surface area (Å²) in [6, 6.07) is 0. The van der Waals surface area contributed by atoms with Crippen LogP contribution in [0.4, 0.5) is 0 Å². The van der Waals surface area contributed by atoms with Crippen molar-refractivity contribution in [2.45, 2.75) is 69.1 Å². The Bertz CT molecular complexity index is 368. The molecule has 1 N–H and O–H groups in total. The molecule has 0 heterocycles. The quantitative estimate of drug-likeness (QED) is 0.810. The molecule has 3 nitrogen and oxygen atoms in total. The molecule has 0 atom stereocenters. The minimum absolute atomic E-state index is 0.183. The molecule has 2 aliphatic rings. The maximum absolute atomic E-state index is 12.4. The summed E-state index contributed by atoms with van der Waals surface area (Å²) < 4.78 is 27.7. The minimum atomic E-state index is -3.18. The van der Waals surface area contributed by atoms with Crippen LogP contribution in [0, 0.1) is 5.92 Å². The number of alkyl halides is 1. The lowest BCUT2D eigenvalue weighted by Gasteiger charge is -2.39. The summed E-state index contributed by atoms with van der Waals surface area (Å²) in [5.74, 6) is 1.09. The second kappa shape index (κ2) is 5.68. The van der Waals surface area contributed by atoms with Gasteiger partial charge in [0.15, 0.2) is 0 Å². The van der Waals surface area contributed by atoms with E-state index >= 15 is 0 Å². The van der Waals surface area contributed by atoms with E-state index in [2.05, 4.69) is 11.6 Å². The Morgan fingerprint density at radius 3 is 2.22 bits per heavy atom. The molecule has 0 aromatic rings. The van der Waals surface area contributed by atoms with Crippen molar-refractivity contribution in [2.75, 3.05) is 5.88 Å². The highest BCUT2D eigenvalue weighted by Gasteiger charge is 2.40. The van der Waals surface area contributed by atoms with E-state index in [4.69, 9.17) is 11.6 Å². The highest BCUT2D eigenvalue weighted by Crippen LogP contribution is 2.35. The molecule has 0 aliphatic heterocycles. The van der Waals surface area contributed by atoms with Crippen molar-refractivity contribution in [1.29, 1.82) is 0 Å². The summed E-state index contributed by atoms with van der Waals surface area (Å²) in [6.07, 6.45) is 7.59. The van der Waals surface area contributed by atoms with Gasteiger partial charge in [-0.1, -0.05) is 19.8 Å². The van der Waals surface area contributed by atoms with E-state index in [9.17, 15) is 8.42 Å². The van der Waals surface area contributed by atoms with E-state index in [1.54, 1.807) is 0 Å². The second-order valence-corrected chi connectivity index (χ2v) is 8.38. The van der Waals surface area contributed by atoms with Gasteiger partial charge in [0.25, 0.3) is 0 Å². The van der Waals surface area contributed by atoms with Crippen LogP contribution in [-0.4, -0.2) is 25.1 Å². The van der Waals surface area contributed by atoms with E-state index in [1.165, 1.54) is 0 Å². The largest absolute Gasteiger partial charge is 0.215 e. The van der Waals surface area contributed by atoms with Crippen LogP contribution in [0.1, 0.15) is 58.3 Å². The van der Waals surface area contributed by atoms with Gasteiger partial charge >= 0.3 is 0 Å². The van der Waals surface area contributed by atoms with Crippen LogP contribution in [0.2, 0.25) is 0 Å². The Morgan fingerprint density at radius 2 is 1.72 bits per heavy atom. The summed E-state index contributed by atoms with van der Waals surface area (Å²) in [7, 11) is -3.18. The Kier molecular flexibility index (Phi) is 4.61. The summed E-state index contributed by atoms with van der Waals surface area (Å²) in [5, 5.41) is -0.183. The van der Waals surface area contributed by atoms with E-state index in [1.807, 2.05) is 0 Å². The van der Waals surface area contributed by atoms with Crippen LogP contribution in [-0.2, 0) is 10.0 Å². The van der Waals surface area contributed by atoms with Gasteiger partial charge in [0.1, 0.15) is 0 Å². The fourth-order valence-electron chi connectivity index (χ4n) is 3.16. The first-order valence-electron chi connectivity index (χ1n) is 7.06. The monoisotopic (exact) mass is 293 g/mol. The number of hydrogen-bond donors (Lipinski definition) is 1. The molecule has 0 unspecified atom stereocenters. The van der Waals surface area contributed by atoms with E-state index in [-0.39, 0.29) is 10.8 Å². The normalized spacial score (nSPS) is 34.9. The number of nitrogens with one attached hydrogen (secondary N) is 1. The molecular formula is C13H24ClNO2S. The molecule has 0 radical (unpaired) electrons. The van der Waals surface area contributed by atoms with E-state index < -0.39 is 10.0 Å². The van der Waals surface area contributed by atoms with Crippen molar-refractivity contribution in [2.24, 2.45) is 5.92 Å². The van der Waals surface area contributed by atoms with Crippen molar-refractivity contribution in [3.8, 4) is 0 Å². The van der Waals surface area contributed by atoms with Crippen LogP contribution in [0.25, 0.3) is 0 Å². The highest BCUT2D eigenvalue weighted by molar-refractivity contribution is 7.90. The third-order valence-electron chi connectivity index (χ3n) is 4.59. The third kappa shape index (κ3) is 3.20. The topological polar surface area (TPSA) is 46.2 Å². The molecule has 5 heteroatoms. The van der Waals surface area contributed by atoms with Crippen molar-refractivity contribution in [3.63, 3.8) is 0 Å². The zero-order valence-electron chi connectivity index (χ0n) is 11.1. The van der Waals surface area contributed by atoms with Gasteiger partial charge in [-0.15, -0.1) is 11.6 Å². The molecule has 0 saturated heterocycles. The summed E-state index contributed by atoms with van der Waals surface area (Å²) in [6.45, 7) is 2.23. The van der Waals surface area contributed by atoms with Gasteiger partial charge in [-0.3, -0.25) is 0 Å². The standard InChI is InChI=1S/C13H24ClNO2S/c1-11-6-8-13(10-14,9-7-11)15-18(16,17)12-4-2-3-5-12/h11-12,15H,2-10H2,1H3. The van der Waals surface area contributed by atoms with Crippen molar-refractivity contribution in [1.82, 2.24) is 4.72 Å². The fourth-order valence-corrected chi connectivity index (χ4v) is 5.58. The maximum Gasteiger partial charge on any atom is 0.215 e. The van der Waals surface area contributed by atoms with Gasteiger partial charge in [0.05, 0.1) is 5.25 Å². The second-order valence-electron chi connectivity index (χ2n) is 6.15. The molecule has 2 aliphatic carbocycles. The molecule has 106 valence electrons. The number of sulfonamides is 1. The molecule has 0 aromatic heterocycles. The molecule has 0 bridgehead atoms. The fraction of sp³-hybridized carbons (Fsp3) is 1.00. The van der Waals surface area contributed by atoms with Crippen LogP contribution in [0.3, 0.4) is 0 Å². The number of hydrogen-bond acceptors (Lipinski definition) is 2. The Balaban J connectivity index is 2.05. The molecule has 2 rings (SSSR count). The average Bonchev–Trinajstić information content (AvgIpc) is 2.87. The van der Waals surface area contributed by atoms with Crippen LogP contribution >= 0.6 is 11.6 Å². The van der Waals surface area contributed by atoms with Crippen molar-refractivity contribution >= 4 is 21.6 Å². The van der Waals surface area contributed by atoms with E-state index in [0.29, 0.717) is 11.8 Å². The van der Waals surface area contributed by atoms with Crippen LogP contribution in [0.15, 0.2) is 0 Å². The molecule has 0 spiro atoms. The first-order chi connectivity index (χ1) is 8.47. The Morgan fingerprint density at radius 1 is 1.17 bits per heavy atom. The van der Waals surface area contributed by atoms with Crippen LogP contribution < -0.4 is 4.72 Å². The van der Waals surface area contributed by atoms with Gasteiger partial charge < -0.3 is 0 Å². The first-order valence-corrected chi connectivity index (χ1v) is 9.14. The van der Waals surface area contributed by atoms with Gasteiger partial charge in [0.2, 0.25) is 10.0 Å². The highest BCUT2D eigenvalue weighted by atomic mass is 35.5. The zero-order chi connectivity index (χ0) is 13.2. The summed E-state index contributed by atoms with van der Waals surface area (Å²) in [4.78, 5) is 0. The predicted molar refractivity (Wildman–Crippen MR) is 75.4 cm³/mol. The molecule has 2 fully saturated rings. The maximum atomic E-state index is 12.4. The number of rotatable bonds is 4. The first kappa shape index (κ1) is 14.6. The number of halogens is 1. The average molecular weight is 294 g/mol.